The van der Waals surface area contributed by atoms with Gasteiger partial charge in [-0.25, -0.2) is 9.59 Å². The lowest BCUT2D eigenvalue weighted by Gasteiger charge is -2.41. The molecule has 0 aliphatic carbocycles. The third-order valence-corrected chi connectivity index (χ3v) is 19.4. The van der Waals surface area contributed by atoms with Gasteiger partial charge in [-0.1, -0.05) is 119 Å². The molecule has 35 heteroatoms. The summed E-state index contributed by atoms with van der Waals surface area (Å²) in [5.41, 5.74) is -0.254. The first kappa shape index (κ1) is 85.3. The van der Waals surface area contributed by atoms with Crippen LogP contribution in [-0.2, 0) is 75.1 Å². The molecule has 2 aromatic carbocycles. The molecule has 103 heavy (non-hydrogen) atoms. The maximum Gasteiger partial charge on any atom is 0.410 e. The zero-order valence-electron chi connectivity index (χ0n) is 60.3. The Hall–Kier alpha value is -8.32. The van der Waals surface area contributed by atoms with Gasteiger partial charge in [0.2, 0.25) is 41.7 Å². The number of carboxylic acids is 2. The molecular formula is C68H100BrN11O23. The second kappa shape index (κ2) is 39.5. The summed E-state index contributed by atoms with van der Waals surface area (Å²) in [6.07, 6.45) is -13.3. The number of aliphatic hydroxyl groups is 4. The third-order valence-electron chi connectivity index (χ3n) is 18.9. The summed E-state index contributed by atoms with van der Waals surface area (Å²) in [5, 5.41) is 87.7. The molecule has 3 heterocycles. The molecule has 8 N–H and O–H groups in total. The topological polar surface area (TPSA) is 452 Å². The van der Waals surface area contributed by atoms with Crippen molar-refractivity contribution >= 4 is 80.9 Å². The number of likely N-dealkylation sites (tertiary alicyclic amines) is 1. The zero-order valence-corrected chi connectivity index (χ0v) is 61.9. The Morgan fingerprint density at radius 2 is 1.50 bits per heavy atom. The standard InChI is InChI=1S/C68H100BrN11O23/c1-14-38(6)57(49(99-12)30-51(83)79-24-18-21-44(79)62(100-13)40(8)46(81)27-39(7)58(88)41-19-16-15-17-20-41)75(10)65(93)55(36(2)3)71-64(92)56(37(4)5)76(11)68(96)102-48(42-22-23-47(45(28-42)80(97)98)101-67-61(91)59(89)60(90)63(103-67)66(94)95)29-43-33-78(73-72-43)26-25-77(52(84)32-70-50(82)31-69)34-53(85)74(9)35-54(86)87/h15-17,19-20,22-23,28,33,36-40,44,48-49,55-63,67,88-91H,14,18,21,24-27,29-32,34-35H2,1-13H3,(H,70,82)(H,71,92)(H,86,87)(H,94,95)/t38-,39-,40-,44?,48?,49+,55-,56-,57?,58+,59?,60?,61?,62+,63?,67?/m1/s1. The van der Waals surface area contributed by atoms with Crippen molar-refractivity contribution in [3.63, 3.8) is 0 Å². The second-order valence-electron chi connectivity index (χ2n) is 26.9. The van der Waals surface area contributed by atoms with E-state index < -0.39 is 193 Å². The predicted octanol–water partition coefficient (Wildman–Crippen LogP) is 2.11. The Balaban J connectivity index is 1.41. The van der Waals surface area contributed by atoms with Crippen LogP contribution >= 0.6 is 15.9 Å². The van der Waals surface area contributed by atoms with Crippen LogP contribution < -0.4 is 15.4 Å². The number of Topliss-reactive ketones (excluding diaryl/α,β-unsaturated/α-hetero) is 1. The van der Waals surface area contributed by atoms with Gasteiger partial charge in [0.05, 0.1) is 72.4 Å². The van der Waals surface area contributed by atoms with Gasteiger partial charge < -0.3 is 84.6 Å². The number of amides is 7. The first-order chi connectivity index (χ1) is 48.5. The summed E-state index contributed by atoms with van der Waals surface area (Å²) in [7, 11) is 6.97. The van der Waals surface area contributed by atoms with E-state index in [-0.39, 0.29) is 60.1 Å². The number of aliphatic carboxylic acids is 2. The van der Waals surface area contributed by atoms with Gasteiger partial charge >= 0.3 is 23.7 Å². The molecule has 16 atom stereocenters. The number of methoxy groups -OCH3 is 2. The van der Waals surface area contributed by atoms with Crippen molar-refractivity contribution in [2.24, 2.45) is 29.6 Å². The van der Waals surface area contributed by atoms with E-state index >= 15 is 4.79 Å². The number of alkyl halides is 1. The maximum atomic E-state index is 15.1. The monoisotopic (exact) mass is 1520 g/mol. The number of aliphatic hydroxyl groups excluding tert-OH is 4. The highest BCUT2D eigenvalue weighted by Gasteiger charge is 2.49. The first-order valence-electron chi connectivity index (χ1n) is 34.0. The molecule has 8 unspecified atom stereocenters. The van der Waals surface area contributed by atoms with E-state index in [1.165, 1.54) is 50.2 Å². The number of halogens is 1. The lowest BCUT2D eigenvalue weighted by molar-refractivity contribution is -0.387. The molecule has 2 fully saturated rings. The number of ether oxygens (including phenoxy) is 5. The third kappa shape index (κ3) is 22.8. The number of aromatic nitrogens is 3. The SMILES string of the molecule is CC[C@@H](C)C([C@H](CC(=O)N1CCCC1[C@@H](OC)[C@H](C)C(=O)C[C@@H](C)[C@H](O)c1ccccc1)OC)N(C)C(=O)[C@H](NC(=O)[C@@H](C(C)C)N(C)C(=O)OC(Cc1cn(CCN(CC(=O)N(C)CC(=O)O)C(=O)CNC(=O)CBr)nn1)c1ccc(OC2OC(C(=O)O)C(O)C(O)C2O)c([N+](=O)[O-])c1)C(C)C. The summed E-state index contributed by atoms with van der Waals surface area (Å²) in [6, 6.07) is 8.34. The van der Waals surface area contributed by atoms with Crippen molar-refractivity contribution in [1.29, 1.82) is 0 Å². The van der Waals surface area contributed by atoms with Crippen molar-refractivity contribution in [3.05, 3.63) is 81.7 Å². The Morgan fingerprint density at radius 3 is 2.09 bits per heavy atom. The lowest BCUT2D eigenvalue weighted by Crippen LogP contribution is -2.61. The number of nitro groups is 1. The van der Waals surface area contributed by atoms with Crippen LogP contribution in [0, 0.1) is 39.7 Å². The van der Waals surface area contributed by atoms with Crippen molar-refractivity contribution in [2.45, 2.75) is 180 Å². The molecule has 3 aromatic rings. The van der Waals surface area contributed by atoms with Crippen LogP contribution in [0.25, 0.3) is 0 Å². The highest BCUT2D eigenvalue weighted by molar-refractivity contribution is 9.09. The van der Waals surface area contributed by atoms with E-state index in [0.29, 0.717) is 31.4 Å². The summed E-state index contributed by atoms with van der Waals surface area (Å²) < 4.78 is 30.2. The fourth-order valence-corrected chi connectivity index (χ4v) is 13.0. The number of benzene rings is 2. The molecule has 34 nitrogen and oxygen atoms in total. The number of hydrogen-bond acceptors (Lipinski definition) is 23. The number of nitro benzene ring substituents is 1. The Bertz CT molecular complexity index is 3400. The maximum absolute atomic E-state index is 15.1. The molecule has 572 valence electrons. The van der Waals surface area contributed by atoms with E-state index in [1.807, 2.05) is 39.0 Å². The number of ketones is 1. The normalized spacial score (nSPS) is 20.4. The fraction of sp³-hybridized carbons (Fsp3) is 0.647. The van der Waals surface area contributed by atoms with Crippen molar-refractivity contribution < 1.29 is 107 Å². The van der Waals surface area contributed by atoms with Crippen molar-refractivity contribution in [1.82, 2.24) is 50.1 Å². The number of carbonyl (C=O) groups is 10. The van der Waals surface area contributed by atoms with E-state index in [1.54, 1.807) is 58.7 Å². The number of rotatable bonds is 39. The number of carboxylic acid groups (broad SMARTS) is 2. The van der Waals surface area contributed by atoms with Crippen LogP contribution in [0.3, 0.4) is 0 Å². The molecule has 1 aromatic heterocycles. The highest BCUT2D eigenvalue weighted by Crippen LogP contribution is 2.37. The minimum atomic E-state index is -2.14. The largest absolute Gasteiger partial charge is 0.480 e. The van der Waals surface area contributed by atoms with Crippen LogP contribution in [0.4, 0.5) is 10.5 Å². The van der Waals surface area contributed by atoms with Crippen molar-refractivity contribution in [2.75, 3.05) is 73.4 Å². The number of carbonyl (C=O) groups excluding carboxylic acids is 8. The fourth-order valence-electron chi connectivity index (χ4n) is 12.8. The first-order valence-corrected chi connectivity index (χ1v) is 35.1. The van der Waals surface area contributed by atoms with Gasteiger partial charge in [0.25, 0.3) is 0 Å². The average molecular weight is 1520 g/mol. The summed E-state index contributed by atoms with van der Waals surface area (Å²) in [6.45, 7) is 12.2. The van der Waals surface area contributed by atoms with Gasteiger partial charge in [0.1, 0.15) is 48.8 Å². The van der Waals surface area contributed by atoms with E-state index in [4.69, 9.17) is 23.7 Å². The number of nitrogens with zero attached hydrogens (tertiary/aromatic N) is 9. The van der Waals surface area contributed by atoms with Crippen LogP contribution in [-0.4, -0.2) is 275 Å². The van der Waals surface area contributed by atoms with Gasteiger partial charge in [-0.2, -0.15) is 0 Å². The van der Waals surface area contributed by atoms with Gasteiger partial charge in [-0.15, -0.1) is 5.10 Å². The average Bonchev–Trinajstić information content (AvgIpc) is 1.23. The minimum absolute atomic E-state index is 0.0477. The minimum Gasteiger partial charge on any atom is -0.480 e. The summed E-state index contributed by atoms with van der Waals surface area (Å²) in [4.78, 5) is 153. The van der Waals surface area contributed by atoms with Crippen LogP contribution in [0.15, 0.2) is 54.7 Å². The molecule has 2 saturated heterocycles. The Morgan fingerprint density at radius 1 is 0.835 bits per heavy atom. The highest BCUT2D eigenvalue weighted by atomic mass is 79.9. The van der Waals surface area contributed by atoms with Gasteiger partial charge in [-0.3, -0.25) is 58.1 Å². The van der Waals surface area contributed by atoms with Gasteiger partial charge in [0, 0.05) is 79.5 Å². The van der Waals surface area contributed by atoms with Gasteiger partial charge in [0.15, 0.2) is 11.9 Å². The zero-order chi connectivity index (χ0) is 77.0. The molecule has 2 aliphatic rings. The molecule has 0 bridgehead atoms. The van der Waals surface area contributed by atoms with Crippen LogP contribution in [0.5, 0.6) is 5.75 Å². The summed E-state index contributed by atoms with van der Waals surface area (Å²) in [5.74, 6) is -10.1. The molecule has 7 amide bonds. The predicted molar refractivity (Wildman–Crippen MR) is 369 cm³/mol. The lowest BCUT2D eigenvalue weighted by atomic mass is 9.85. The number of nitrogens with one attached hydrogen (secondary N) is 2. The molecule has 0 radical (unpaired) electrons. The number of hydrogen-bond donors (Lipinski definition) is 8. The van der Waals surface area contributed by atoms with Crippen LogP contribution in [0.1, 0.15) is 117 Å². The summed E-state index contributed by atoms with van der Waals surface area (Å²) >= 11 is 2.99. The molecule has 5 rings (SSSR count). The molecule has 0 spiro atoms. The smallest absolute Gasteiger partial charge is 0.410 e. The van der Waals surface area contributed by atoms with E-state index in [9.17, 15) is 83.9 Å². The quantitative estimate of drug-likeness (QED) is 0.0230. The molecule has 0 saturated carbocycles. The second-order valence-corrected chi connectivity index (χ2v) is 27.4. The molecule has 2 aliphatic heterocycles. The Labute approximate surface area is 605 Å². The van der Waals surface area contributed by atoms with Gasteiger partial charge in [-0.05, 0) is 53.7 Å². The Kier molecular flexibility index (Phi) is 32.7. The van der Waals surface area contributed by atoms with Crippen LogP contribution in [0.2, 0.25) is 0 Å². The molecular weight excluding hydrogens is 1420 g/mol. The van der Waals surface area contributed by atoms with E-state index in [2.05, 4.69) is 36.9 Å². The van der Waals surface area contributed by atoms with E-state index in [0.717, 1.165) is 26.8 Å². The van der Waals surface area contributed by atoms with Crippen molar-refractivity contribution in [3.8, 4) is 5.75 Å². The number of likely N-dealkylation sites (N-methyl/N-ethyl adjacent to an activating group) is 3.